The van der Waals surface area contributed by atoms with Crippen LogP contribution in [0.3, 0.4) is 0 Å². The number of aromatic nitrogens is 3. The Morgan fingerprint density at radius 1 is 1.06 bits per heavy atom. The predicted octanol–water partition coefficient (Wildman–Crippen LogP) is 2.18. The number of benzene rings is 2. The zero-order valence-electron chi connectivity index (χ0n) is 17.2. The van der Waals surface area contributed by atoms with E-state index in [9.17, 15) is 14.4 Å². The number of carbonyl (C=O) groups excluding carboxylic acids is 3. The number of aryl methyl sites for hydroxylation is 1. The van der Waals surface area contributed by atoms with Crippen LogP contribution in [0.1, 0.15) is 39.1 Å². The summed E-state index contributed by atoms with van der Waals surface area (Å²) < 4.78 is 0. The van der Waals surface area contributed by atoms with Crippen LogP contribution >= 0.6 is 0 Å². The van der Waals surface area contributed by atoms with Crippen LogP contribution in [-0.4, -0.2) is 56.6 Å². The lowest BCUT2D eigenvalue weighted by molar-refractivity contribution is -0.124. The van der Waals surface area contributed by atoms with Gasteiger partial charge in [0, 0.05) is 12.1 Å². The van der Waals surface area contributed by atoms with E-state index in [-0.39, 0.29) is 24.1 Å². The van der Waals surface area contributed by atoms with Gasteiger partial charge in [0.15, 0.2) is 5.78 Å². The fourth-order valence-corrected chi connectivity index (χ4v) is 3.78. The van der Waals surface area contributed by atoms with Crippen LogP contribution in [-0.2, 0) is 4.79 Å². The Hall–Kier alpha value is -3.81. The molecule has 1 aliphatic rings. The normalized spacial score (nSPS) is 15.6. The van der Waals surface area contributed by atoms with Gasteiger partial charge in [0.25, 0.3) is 5.91 Å². The van der Waals surface area contributed by atoms with E-state index in [0.717, 1.165) is 12.0 Å². The first-order valence-electron chi connectivity index (χ1n) is 10.2. The molecule has 8 nitrogen and oxygen atoms in total. The molecule has 2 amide bonds. The van der Waals surface area contributed by atoms with Gasteiger partial charge in [-0.1, -0.05) is 42.0 Å². The highest BCUT2D eigenvalue weighted by atomic mass is 16.2. The number of amides is 2. The van der Waals surface area contributed by atoms with Gasteiger partial charge in [-0.2, -0.15) is 15.0 Å². The first-order chi connectivity index (χ1) is 15.0. The van der Waals surface area contributed by atoms with Crippen molar-refractivity contribution in [3.05, 3.63) is 77.6 Å². The van der Waals surface area contributed by atoms with E-state index < -0.39 is 6.04 Å². The van der Waals surface area contributed by atoms with Crippen LogP contribution in [0.15, 0.2) is 60.9 Å². The minimum absolute atomic E-state index is 0.103. The molecule has 0 saturated carbocycles. The monoisotopic (exact) mass is 417 g/mol. The molecule has 0 bridgehead atoms. The summed E-state index contributed by atoms with van der Waals surface area (Å²) in [6.07, 6.45) is 4.36. The summed E-state index contributed by atoms with van der Waals surface area (Å²) in [6.45, 7) is 2.28. The van der Waals surface area contributed by atoms with Crippen molar-refractivity contribution in [3.8, 4) is 5.69 Å². The molecule has 1 aliphatic heterocycles. The molecule has 4 rings (SSSR count). The summed E-state index contributed by atoms with van der Waals surface area (Å²) in [5.74, 6) is -0.736. The number of ketones is 1. The first-order valence-corrected chi connectivity index (χ1v) is 10.2. The highest BCUT2D eigenvalue weighted by Crippen LogP contribution is 2.24. The molecule has 0 spiro atoms. The molecule has 1 saturated heterocycles. The van der Waals surface area contributed by atoms with Crippen LogP contribution in [0.5, 0.6) is 0 Å². The molecule has 158 valence electrons. The van der Waals surface area contributed by atoms with Crippen LogP contribution in [0.2, 0.25) is 0 Å². The third-order valence-electron chi connectivity index (χ3n) is 5.35. The molecular formula is C23H23N5O3. The average molecular weight is 417 g/mol. The van der Waals surface area contributed by atoms with Crippen molar-refractivity contribution in [1.29, 1.82) is 0 Å². The van der Waals surface area contributed by atoms with Gasteiger partial charge < -0.3 is 10.2 Å². The van der Waals surface area contributed by atoms with E-state index in [0.29, 0.717) is 29.8 Å². The third-order valence-corrected chi connectivity index (χ3v) is 5.35. The maximum Gasteiger partial charge on any atom is 0.256 e. The number of rotatable bonds is 6. The number of nitrogens with one attached hydrogen (secondary N) is 1. The fraction of sp³-hybridized carbons (Fsp3) is 0.261. The third kappa shape index (κ3) is 4.37. The van der Waals surface area contributed by atoms with Gasteiger partial charge in [-0.15, -0.1) is 0 Å². The van der Waals surface area contributed by atoms with Gasteiger partial charge in [-0.25, -0.2) is 0 Å². The Labute approximate surface area is 179 Å². The largest absolute Gasteiger partial charge is 0.347 e. The highest BCUT2D eigenvalue weighted by molar-refractivity contribution is 6.02. The molecule has 8 heteroatoms. The molecule has 1 N–H and O–H groups in total. The van der Waals surface area contributed by atoms with Crippen LogP contribution in [0.4, 0.5) is 0 Å². The van der Waals surface area contributed by atoms with E-state index in [1.807, 2.05) is 19.1 Å². The molecule has 2 aromatic carbocycles. The lowest BCUT2D eigenvalue weighted by Crippen LogP contribution is -2.47. The first kappa shape index (κ1) is 20.5. The molecule has 1 atom stereocenters. The molecule has 0 radical (unpaired) electrons. The lowest BCUT2D eigenvalue weighted by Gasteiger charge is -2.25. The van der Waals surface area contributed by atoms with Crippen molar-refractivity contribution < 1.29 is 14.4 Å². The molecular weight excluding hydrogens is 394 g/mol. The van der Waals surface area contributed by atoms with Crippen LogP contribution < -0.4 is 5.32 Å². The fourth-order valence-electron chi connectivity index (χ4n) is 3.78. The van der Waals surface area contributed by atoms with Crippen LogP contribution in [0.25, 0.3) is 5.69 Å². The maximum atomic E-state index is 13.4. The number of nitrogens with zero attached hydrogens (tertiary/aromatic N) is 4. The number of carbonyl (C=O) groups is 3. The zero-order chi connectivity index (χ0) is 21.8. The topological polar surface area (TPSA) is 97.2 Å². The van der Waals surface area contributed by atoms with Gasteiger partial charge in [-0.05, 0) is 31.9 Å². The summed E-state index contributed by atoms with van der Waals surface area (Å²) in [4.78, 5) is 41.5. The summed E-state index contributed by atoms with van der Waals surface area (Å²) in [5, 5.41) is 11.0. The SMILES string of the molecule is Cc1ccc(-n2nccn2)c(C(=O)N2CCCC2C(=O)NCC(=O)c2ccccc2)c1. The molecule has 1 aromatic heterocycles. The minimum Gasteiger partial charge on any atom is -0.347 e. The summed E-state index contributed by atoms with van der Waals surface area (Å²) in [7, 11) is 0. The van der Waals surface area contributed by atoms with Crippen molar-refractivity contribution in [2.45, 2.75) is 25.8 Å². The van der Waals surface area contributed by atoms with Gasteiger partial charge >= 0.3 is 0 Å². The van der Waals surface area contributed by atoms with E-state index >= 15 is 0 Å². The zero-order valence-corrected chi connectivity index (χ0v) is 17.2. The summed E-state index contributed by atoms with van der Waals surface area (Å²) >= 11 is 0. The Balaban J connectivity index is 1.50. The van der Waals surface area contributed by atoms with Gasteiger partial charge in [-0.3, -0.25) is 14.4 Å². The van der Waals surface area contributed by atoms with Crippen molar-refractivity contribution >= 4 is 17.6 Å². The molecule has 1 fully saturated rings. The van der Waals surface area contributed by atoms with Crippen LogP contribution in [0, 0.1) is 6.92 Å². The Bertz CT molecular complexity index is 1100. The lowest BCUT2D eigenvalue weighted by atomic mass is 10.1. The van der Waals surface area contributed by atoms with E-state index in [2.05, 4.69) is 15.5 Å². The van der Waals surface area contributed by atoms with Gasteiger partial charge in [0.1, 0.15) is 6.04 Å². The molecule has 31 heavy (non-hydrogen) atoms. The number of likely N-dealkylation sites (tertiary alicyclic amines) is 1. The van der Waals surface area contributed by atoms with Crippen molar-refractivity contribution in [2.24, 2.45) is 0 Å². The van der Waals surface area contributed by atoms with Gasteiger partial charge in [0.2, 0.25) is 5.91 Å². The summed E-state index contributed by atoms with van der Waals surface area (Å²) in [6, 6.07) is 13.7. The van der Waals surface area contributed by atoms with E-state index in [1.165, 1.54) is 4.80 Å². The predicted molar refractivity (Wildman–Crippen MR) is 114 cm³/mol. The van der Waals surface area contributed by atoms with Crippen molar-refractivity contribution in [1.82, 2.24) is 25.2 Å². The second kappa shape index (κ2) is 8.91. The molecule has 1 unspecified atom stereocenters. The standard InChI is InChI=1S/C23H23N5O3/c1-16-9-10-19(28-25-11-12-26-28)18(14-16)23(31)27-13-5-8-20(27)22(30)24-15-21(29)17-6-3-2-4-7-17/h2-4,6-7,9-12,14,20H,5,8,13,15H2,1H3,(H,24,30). The molecule has 0 aliphatic carbocycles. The molecule has 3 aromatic rings. The number of hydrogen-bond donors (Lipinski definition) is 1. The Morgan fingerprint density at radius 3 is 2.55 bits per heavy atom. The quantitative estimate of drug-likeness (QED) is 0.620. The van der Waals surface area contributed by atoms with Crippen molar-refractivity contribution in [3.63, 3.8) is 0 Å². The summed E-state index contributed by atoms with van der Waals surface area (Å²) in [5.41, 5.74) is 2.47. The minimum atomic E-state index is -0.616. The second-order valence-corrected chi connectivity index (χ2v) is 7.50. The number of Topliss-reactive ketones (excluding diaryl/α,β-unsaturated/α-hetero) is 1. The molecule has 2 heterocycles. The average Bonchev–Trinajstić information content (AvgIpc) is 3.49. The second-order valence-electron chi connectivity index (χ2n) is 7.50. The number of hydrogen-bond acceptors (Lipinski definition) is 5. The Morgan fingerprint density at radius 2 is 1.81 bits per heavy atom. The van der Waals surface area contributed by atoms with E-state index in [4.69, 9.17) is 0 Å². The Kier molecular flexibility index (Phi) is 5.88. The maximum absolute atomic E-state index is 13.4. The van der Waals surface area contributed by atoms with Gasteiger partial charge in [0.05, 0.1) is 30.2 Å². The smallest absolute Gasteiger partial charge is 0.256 e. The highest BCUT2D eigenvalue weighted by Gasteiger charge is 2.35. The van der Waals surface area contributed by atoms with E-state index in [1.54, 1.807) is 53.7 Å². The van der Waals surface area contributed by atoms with Crippen molar-refractivity contribution in [2.75, 3.05) is 13.1 Å².